The van der Waals surface area contributed by atoms with Crippen LogP contribution in [0.2, 0.25) is 0 Å². The lowest BCUT2D eigenvalue weighted by Crippen LogP contribution is -2.13. The molecule has 0 radical (unpaired) electrons. The smallest absolute Gasteiger partial charge is 0.120 e. The summed E-state index contributed by atoms with van der Waals surface area (Å²) in [5.41, 5.74) is 4.00. The molecule has 0 fully saturated rings. The van der Waals surface area contributed by atoms with Crippen LogP contribution in [0.4, 0.5) is 0 Å². The van der Waals surface area contributed by atoms with Crippen molar-refractivity contribution >= 4 is 0 Å². The van der Waals surface area contributed by atoms with Gasteiger partial charge in [0.05, 0.1) is 5.69 Å². The van der Waals surface area contributed by atoms with Gasteiger partial charge in [-0.3, -0.25) is 4.68 Å². The Morgan fingerprint density at radius 3 is 2.72 bits per heavy atom. The van der Waals surface area contributed by atoms with Crippen molar-refractivity contribution in [3.05, 3.63) is 41.0 Å². The third kappa shape index (κ3) is 2.44. The summed E-state index contributed by atoms with van der Waals surface area (Å²) in [7, 11) is 3.82. The van der Waals surface area contributed by atoms with E-state index in [1.165, 1.54) is 0 Å². The SMILES string of the molecule is Cc1c(CNCc2ccn(C)n2)cc(C#N)n1C. The molecule has 1 N–H and O–H groups in total. The van der Waals surface area contributed by atoms with Crippen molar-refractivity contribution in [1.82, 2.24) is 19.7 Å². The molecule has 18 heavy (non-hydrogen) atoms. The lowest BCUT2D eigenvalue weighted by molar-refractivity contribution is 0.653. The number of aromatic nitrogens is 3. The van der Waals surface area contributed by atoms with Gasteiger partial charge in [-0.1, -0.05) is 0 Å². The van der Waals surface area contributed by atoms with Gasteiger partial charge >= 0.3 is 0 Å². The highest BCUT2D eigenvalue weighted by atomic mass is 15.3. The third-order valence-corrected chi connectivity index (χ3v) is 3.15. The number of nitrogens with zero attached hydrogens (tertiary/aromatic N) is 4. The Bertz CT molecular complexity index is 585. The van der Waals surface area contributed by atoms with E-state index in [4.69, 9.17) is 5.26 Å². The van der Waals surface area contributed by atoms with Crippen LogP contribution in [-0.2, 0) is 27.2 Å². The summed E-state index contributed by atoms with van der Waals surface area (Å²) >= 11 is 0. The molecular weight excluding hydrogens is 226 g/mol. The van der Waals surface area contributed by atoms with Gasteiger partial charge in [0.25, 0.3) is 0 Å². The zero-order valence-electron chi connectivity index (χ0n) is 10.9. The fraction of sp³-hybridized carbons (Fsp3) is 0.385. The maximum absolute atomic E-state index is 8.96. The van der Waals surface area contributed by atoms with Crippen LogP contribution >= 0.6 is 0 Å². The van der Waals surface area contributed by atoms with E-state index >= 15 is 0 Å². The second-order valence-corrected chi connectivity index (χ2v) is 4.40. The van der Waals surface area contributed by atoms with Crippen molar-refractivity contribution in [2.45, 2.75) is 20.0 Å². The Morgan fingerprint density at radius 2 is 2.17 bits per heavy atom. The molecule has 0 aliphatic heterocycles. The van der Waals surface area contributed by atoms with Crippen molar-refractivity contribution < 1.29 is 0 Å². The van der Waals surface area contributed by atoms with Gasteiger partial charge in [0.15, 0.2) is 0 Å². The summed E-state index contributed by atoms with van der Waals surface area (Å²) in [5.74, 6) is 0. The molecule has 0 spiro atoms. The van der Waals surface area contributed by atoms with Gasteiger partial charge in [0.1, 0.15) is 11.8 Å². The summed E-state index contributed by atoms with van der Waals surface area (Å²) in [6.45, 7) is 3.51. The number of nitriles is 1. The zero-order valence-corrected chi connectivity index (χ0v) is 10.9. The van der Waals surface area contributed by atoms with Crippen molar-refractivity contribution in [2.75, 3.05) is 0 Å². The first-order valence-electron chi connectivity index (χ1n) is 5.86. The van der Waals surface area contributed by atoms with Crippen LogP contribution in [0.15, 0.2) is 18.3 Å². The maximum atomic E-state index is 8.96. The Labute approximate surface area is 107 Å². The predicted molar refractivity (Wildman–Crippen MR) is 68.6 cm³/mol. The monoisotopic (exact) mass is 243 g/mol. The van der Waals surface area contributed by atoms with E-state index < -0.39 is 0 Å². The molecule has 0 saturated heterocycles. The molecule has 2 aromatic rings. The highest BCUT2D eigenvalue weighted by Gasteiger charge is 2.08. The van der Waals surface area contributed by atoms with E-state index in [0.717, 1.165) is 30.0 Å². The number of nitrogens with one attached hydrogen (secondary N) is 1. The van der Waals surface area contributed by atoms with Gasteiger partial charge in [0.2, 0.25) is 0 Å². The quantitative estimate of drug-likeness (QED) is 0.878. The molecule has 0 atom stereocenters. The van der Waals surface area contributed by atoms with Crippen molar-refractivity contribution in [3.63, 3.8) is 0 Å². The highest BCUT2D eigenvalue weighted by molar-refractivity contribution is 5.34. The van der Waals surface area contributed by atoms with Crippen LogP contribution in [0.3, 0.4) is 0 Å². The Hall–Kier alpha value is -2.06. The standard InChI is InChI=1S/C13H17N5/c1-10-11(6-13(7-14)18(10)3)8-15-9-12-4-5-17(2)16-12/h4-6,15H,8-9H2,1-3H3. The molecule has 0 aromatic carbocycles. The first kappa shape index (κ1) is 12.4. The molecular formula is C13H17N5. The Morgan fingerprint density at radius 1 is 1.39 bits per heavy atom. The predicted octanol–water partition coefficient (Wildman–Crippen LogP) is 1.23. The van der Waals surface area contributed by atoms with Crippen molar-refractivity contribution in [3.8, 4) is 6.07 Å². The van der Waals surface area contributed by atoms with E-state index in [2.05, 4.69) is 16.5 Å². The van der Waals surface area contributed by atoms with Gasteiger partial charge in [-0.05, 0) is 24.6 Å². The number of aryl methyl sites for hydroxylation is 1. The second-order valence-electron chi connectivity index (χ2n) is 4.40. The fourth-order valence-corrected chi connectivity index (χ4v) is 1.93. The lowest BCUT2D eigenvalue weighted by atomic mass is 10.2. The minimum atomic E-state index is 0.696. The second kappa shape index (κ2) is 5.07. The average Bonchev–Trinajstić information content (AvgIpc) is 2.88. The highest BCUT2D eigenvalue weighted by Crippen LogP contribution is 2.13. The third-order valence-electron chi connectivity index (χ3n) is 3.15. The fourth-order valence-electron chi connectivity index (χ4n) is 1.93. The largest absolute Gasteiger partial charge is 0.340 e. The Kier molecular flexibility index (Phi) is 3.49. The van der Waals surface area contributed by atoms with Gasteiger partial charge in [0, 0.05) is 39.1 Å². The molecule has 2 aromatic heterocycles. The van der Waals surface area contributed by atoms with Gasteiger partial charge in [-0.2, -0.15) is 10.4 Å². The molecule has 0 amide bonds. The van der Waals surface area contributed by atoms with E-state index in [9.17, 15) is 0 Å². The van der Waals surface area contributed by atoms with Crippen molar-refractivity contribution in [1.29, 1.82) is 5.26 Å². The molecule has 5 nitrogen and oxygen atoms in total. The van der Waals surface area contributed by atoms with Crippen molar-refractivity contribution in [2.24, 2.45) is 14.1 Å². The number of rotatable bonds is 4. The summed E-state index contributed by atoms with van der Waals surface area (Å²) < 4.78 is 3.70. The molecule has 2 rings (SSSR count). The normalized spacial score (nSPS) is 10.6. The van der Waals surface area contributed by atoms with Gasteiger partial charge in [-0.15, -0.1) is 0 Å². The molecule has 0 bridgehead atoms. The molecule has 0 aliphatic rings. The lowest BCUT2D eigenvalue weighted by Gasteiger charge is -2.03. The van der Waals surface area contributed by atoms with Crippen LogP contribution in [0, 0.1) is 18.3 Å². The minimum absolute atomic E-state index is 0.696. The van der Waals surface area contributed by atoms with Crippen LogP contribution in [0.1, 0.15) is 22.6 Å². The average molecular weight is 243 g/mol. The molecule has 2 heterocycles. The first-order chi connectivity index (χ1) is 8.61. The first-order valence-corrected chi connectivity index (χ1v) is 5.86. The van der Waals surface area contributed by atoms with E-state index in [1.54, 1.807) is 4.68 Å². The molecule has 94 valence electrons. The van der Waals surface area contributed by atoms with Crippen LogP contribution in [0.25, 0.3) is 0 Å². The topological polar surface area (TPSA) is 58.6 Å². The minimum Gasteiger partial charge on any atom is -0.340 e. The van der Waals surface area contributed by atoms with Crippen LogP contribution in [0.5, 0.6) is 0 Å². The molecule has 0 aliphatic carbocycles. The molecule has 5 heteroatoms. The van der Waals surface area contributed by atoms with E-state index in [1.807, 2.05) is 43.9 Å². The van der Waals surface area contributed by atoms with E-state index in [0.29, 0.717) is 5.69 Å². The van der Waals surface area contributed by atoms with Gasteiger partial charge < -0.3 is 9.88 Å². The Balaban J connectivity index is 1.97. The van der Waals surface area contributed by atoms with Gasteiger partial charge in [-0.25, -0.2) is 0 Å². The van der Waals surface area contributed by atoms with E-state index in [-0.39, 0.29) is 0 Å². The van der Waals surface area contributed by atoms with Crippen LogP contribution in [-0.4, -0.2) is 14.3 Å². The number of hydrogen-bond acceptors (Lipinski definition) is 3. The summed E-state index contributed by atoms with van der Waals surface area (Å²) in [5, 5.41) is 16.6. The van der Waals surface area contributed by atoms with Crippen LogP contribution < -0.4 is 5.32 Å². The summed E-state index contributed by atoms with van der Waals surface area (Å²) in [4.78, 5) is 0. The summed E-state index contributed by atoms with van der Waals surface area (Å²) in [6, 6.07) is 6.11. The summed E-state index contributed by atoms with van der Waals surface area (Å²) in [6.07, 6.45) is 1.93. The maximum Gasteiger partial charge on any atom is 0.120 e. The molecule has 0 unspecified atom stereocenters. The number of hydrogen-bond donors (Lipinski definition) is 1. The molecule has 0 saturated carbocycles. The zero-order chi connectivity index (χ0) is 13.1.